The standard InChI is InChI=1S/C13H18N4O2/c1-3-6-17-13(15-9-16-17)8-19-10-4-5-12(18-2)11(14)7-10/h4-5,7,9H,3,6,8,14H2,1-2H3. The molecule has 6 nitrogen and oxygen atoms in total. The van der Waals surface area contributed by atoms with Crippen molar-refractivity contribution in [2.45, 2.75) is 26.5 Å². The monoisotopic (exact) mass is 262 g/mol. The summed E-state index contributed by atoms with van der Waals surface area (Å²) in [5, 5.41) is 4.14. The van der Waals surface area contributed by atoms with E-state index in [4.69, 9.17) is 15.2 Å². The Morgan fingerprint density at radius 1 is 1.37 bits per heavy atom. The first kappa shape index (κ1) is 13.2. The largest absolute Gasteiger partial charge is 0.495 e. The maximum atomic E-state index is 5.82. The first-order valence-corrected chi connectivity index (χ1v) is 6.17. The van der Waals surface area contributed by atoms with Crippen LogP contribution in [-0.4, -0.2) is 21.9 Å². The number of anilines is 1. The Morgan fingerprint density at radius 3 is 2.89 bits per heavy atom. The zero-order chi connectivity index (χ0) is 13.7. The van der Waals surface area contributed by atoms with Crippen LogP contribution in [0.25, 0.3) is 0 Å². The highest BCUT2D eigenvalue weighted by molar-refractivity contribution is 5.56. The number of benzene rings is 1. The quantitative estimate of drug-likeness (QED) is 0.804. The molecule has 0 aliphatic heterocycles. The van der Waals surface area contributed by atoms with Crippen molar-refractivity contribution < 1.29 is 9.47 Å². The highest BCUT2D eigenvalue weighted by Crippen LogP contribution is 2.26. The van der Waals surface area contributed by atoms with E-state index in [0.29, 0.717) is 23.8 Å². The molecule has 0 aliphatic carbocycles. The van der Waals surface area contributed by atoms with E-state index in [-0.39, 0.29) is 0 Å². The lowest BCUT2D eigenvalue weighted by Gasteiger charge is -2.09. The number of ether oxygens (including phenoxy) is 2. The van der Waals surface area contributed by atoms with Crippen molar-refractivity contribution in [3.8, 4) is 11.5 Å². The molecule has 0 bridgehead atoms. The Balaban J connectivity index is 2.02. The Bertz CT molecular complexity index is 539. The van der Waals surface area contributed by atoms with Crippen LogP contribution in [0.5, 0.6) is 11.5 Å². The predicted octanol–water partition coefficient (Wildman–Crippen LogP) is 1.86. The summed E-state index contributed by atoms with van der Waals surface area (Å²) in [7, 11) is 1.58. The molecule has 6 heteroatoms. The van der Waals surface area contributed by atoms with Crippen LogP contribution in [0.1, 0.15) is 19.2 Å². The van der Waals surface area contributed by atoms with Crippen LogP contribution < -0.4 is 15.2 Å². The van der Waals surface area contributed by atoms with Gasteiger partial charge in [0.15, 0.2) is 5.82 Å². The van der Waals surface area contributed by atoms with Crippen molar-refractivity contribution in [3.63, 3.8) is 0 Å². The van der Waals surface area contributed by atoms with Gasteiger partial charge in [-0.2, -0.15) is 5.10 Å². The zero-order valence-corrected chi connectivity index (χ0v) is 11.2. The first-order chi connectivity index (χ1) is 9.24. The summed E-state index contributed by atoms with van der Waals surface area (Å²) in [5.41, 5.74) is 6.37. The molecule has 2 rings (SSSR count). The van der Waals surface area contributed by atoms with Gasteiger partial charge in [-0.1, -0.05) is 6.92 Å². The third kappa shape index (κ3) is 3.15. The fourth-order valence-electron chi connectivity index (χ4n) is 1.75. The predicted molar refractivity (Wildman–Crippen MR) is 72.1 cm³/mol. The molecule has 1 heterocycles. The second-order valence-corrected chi connectivity index (χ2v) is 4.09. The third-order valence-electron chi connectivity index (χ3n) is 2.70. The molecule has 1 aromatic heterocycles. The summed E-state index contributed by atoms with van der Waals surface area (Å²) in [6.07, 6.45) is 2.54. The van der Waals surface area contributed by atoms with Crippen molar-refractivity contribution in [1.29, 1.82) is 0 Å². The van der Waals surface area contributed by atoms with Gasteiger partial charge in [-0.25, -0.2) is 9.67 Å². The van der Waals surface area contributed by atoms with E-state index in [1.54, 1.807) is 19.2 Å². The van der Waals surface area contributed by atoms with Gasteiger partial charge in [0.05, 0.1) is 12.8 Å². The molecule has 2 N–H and O–H groups in total. The molecule has 0 fully saturated rings. The van der Waals surface area contributed by atoms with E-state index in [2.05, 4.69) is 17.0 Å². The Labute approximate surface area is 112 Å². The summed E-state index contributed by atoms with van der Waals surface area (Å²) >= 11 is 0. The average Bonchev–Trinajstić information content (AvgIpc) is 2.84. The summed E-state index contributed by atoms with van der Waals surface area (Å²) in [6, 6.07) is 5.33. The molecule has 0 radical (unpaired) electrons. The maximum absolute atomic E-state index is 5.82. The van der Waals surface area contributed by atoms with Crippen LogP contribution in [0.15, 0.2) is 24.5 Å². The lowest BCUT2D eigenvalue weighted by molar-refractivity contribution is 0.286. The van der Waals surface area contributed by atoms with Gasteiger partial charge in [0.25, 0.3) is 0 Å². The van der Waals surface area contributed by atoms with E-state index >= 15 is 0 Å². The van der Waals surface area contributed by atoms with Gasteiger partial charge in [0.2, 0.25) is 0 Å². The average molecular weight is 262 g/mol. The summed E-state index contributed by atoms with van der Waals surface area (Å²) in [5.74, 6) is 2.13. The molecule has 19 heavy (non-hydrogen) atoms. The molecule has 0 unspecified atom stereocenters. The van der Waals surface area contributed by atoms with Gasteiger partial charge in [-0.15, -0.1) is 0 Å². The van der Waals surface area contributed by atoms with Crippen LogP contribution in [-0.2, 0) is 13.2 Å². The smallest absolute Gasteiger partial charge is 0.164 e. The molecule has 0 saturated carbocycles. The number of rotatable bonds is 6. The summed E-state index contributed by atoms with van der Waals surface area (Å²) < 4.78 is 12.6. The van der Waals surface area contributed by atoms with E-state index in [1.807, 2.05) is 10.7 Å². The minimum absolute atomic E-state index is 0.367. The van der Waals surface area contributed by atoms with Crippen LogP contribution in [0.4, 0.5) is 5.69 Å². The van der Waals surface area contributed by atoms with Gasteiger partial charge in [0, 0.05) is 12.6 Å². The lowest BCUT2D eigenvalue weighted by Crippen LogP contribution is -2.08. The normalized spacial score (nSPS) is 10.4. The van der Waals surface area contributed by atoms with Gasteiger partial charge >= 0.3 is 0 Å². The van der Waals surface area contributed by atoms with E-state index in [0.717, 1.165) is 18.8 Å². The molecule has 0 amide bonds. The van der Waals surface area contributed by atoms with Gasteiger partial charge in [0.1, 0.15) is 24.4 Å². The molecule has 0 aliphatic rings. The first-order valence-electron chi connectivity index (χ1n) is 6.17. The van der Waals surface area contributed by atoms with Crippen molar-refractivity contribution in [3.05, 3.63) is 30.4 Å². The number of hydrogen-bond acceptors (Lipinski definition) is 5. The number of methoxy groups -OCH3 is 1. The number of nitrogens with zero attached hydrogens (tertiary/aromatic N) is 3. The van der Waals surface area contributed by atoms with Crippen LogP contribution >= 0.6 is 0 Å². The minimum Gasteiger partial charge on any atom is -0.495 e. The Kier molecular flexibility index (Phi) is 4.22. The van der Waals surface area contributed by atoms with Crippen LogP contribution in [0, 0.1) is 0 Å². The fraction of sp³-hybridized carbons (Fsp3) is 0.385. The molecule has 0 saturated heterocycles. The van der Waals surface area contributed by atoms with Crippen molar-refractivity contribution in [1.82, 2.24) is 14.8 Å². The zero-order valence-electron chi connectivity index (χ0n) is 11.2. The highest BCUT2D eigenvalue weighted by atomic mass is 16.5. The Morgan fingerprint density at radius 2 is 2.21 bits per heavy atom. The number of nitrogens with two attached hydrogens (primary N) is 1. The van der Waals surface area contributed by atoms with E-state index in [9.17, 15) is 0 Å². The number of aryl methyl sites for hydroxylation is 1. The molecule has 0 spiro atoms. The molecular formula is C13H18N4O2. The molecule has 102 valence electrons. The molecular weight excluding hydrogens is 244 g/mol. The minimum atomic E-state index is 0.367. The second-order valence-electron chi connectivity index (χ2n) is 4.09. The molecule has 2 aromatic rings. The van der Waals surface area contributed by atoms with Crippen molar-refractivity contribution in [2.75, 3.05) is 12.8 Å². The molecule has 0 atom stereocenters. The van der Waals surface area contributed by atoms with Gasteiger partial charge in [-0.05, 0) is 18.6 Å². The summed E-state index contributed by atoms with van der Waals surface area (Å²) in [4.78, 5) is 4.18. The number of nitrogen functional groups attached to an aromatic ring is 1. The second kappa shape index (κ2) is 6.08. The third-order valence-corrected chi connectivity index (χ3v) is 2.70. The maximum Gasteiger partial charge on any atom is 0.164 e. The lowest BCUT2D eigenvalue weighted by atomic mass is 10.3. The Hall–Kier alpha value is -2.24. The SMILES string of the molecule is CCCn1ncnc1COc1ccc(OC)c(N)c1. The van der Waals surface area contributed by atoms with Crippen molar-refractivity contribution >= 4 is 5.69 Å². The van der Waals surface area contributed by atoms with E-state index in [1.165, 1.54) is 6.33 Å². The van der Waals surface area contributed by atoms with E-state index < -0.39 is 0 Å². The van der Waals surface area contributed by atoms with Crippen molar-refractivity contribution in [2.24, 2.45) is 0 Å². The van der Waals surface area contributed by atoms with Crippen LogP contribution in [0.2, 0.25) is 0 Å². The molecule has 1 aromatic carbocycles. The van der Waals surface area contributed by atoms with Gasteiger partial charge in [-0.3, -0.25) is 0 Å². The number of aromatic nitrogens is 3. The topological polar surface area (TPSA) is 75.2 Å². The van der Waals surface area contributed by atoms with Gasteiger partial charge < -0.3 is 15.2 Å². The highest BCUT2D eigenvalue weighted by Gasteiger charge is 2.06. The number of hydrogen-bond donors (Lipinski definition) is 1. The summed E-state index contributed by atoms with van der Waals surface area (Å²) in [6.45, 7) is 3.30. The fourth-order valence-corrected chi connectivity index (χ4v) is 1.75. The van der Waals surface area contributed by atoms with Crippen LogP contribution in [0.3, 0.4) is 0 Å².